The summed E-state index contributed by atoms with van der Waals surface area (Å²) in [6.07, 6.45) is 8.42. The Balaban J connectivity index is 1.71. The van der Waals surface area contributed by atoms with Crippen LogP contribution in [0.25, 0.3) is 22.0 Å². The van der Waals surface area contributed by atoms with Crippen LogP contribution in [0.3, 0.4) is 0 Å². The van der Waals surface area contributed by atoms with E-state index >= 15 is 0 Å². The third-order valence-corrected chi connectivity index (χ3v) is 6.73. The monoisotopic (exact) mass is 349 g/mol. The van der Waals surface area contributed by atoms with Crippen molar-refractivity contribution in [3.05, 3.63) is 35.5 Å². The topological polar surface area (TPSA) is 12.9 Å². The molecule has 3 aliphatic carbocycles. The second-order valence-corrected chi connectivity index (χ2v) is 8.24. The third kappa shape index (κ3) is 2.64. The number of aromatic nitrogens is 1. The van der Waals surface area contributed by atoms with Crippen molar-refractivity contribution in [2.45, 2.75) is 43.9 Å². The lowest BCUT2D eigenvalue weighted by atomic mass is 9.60. The molecule has 0 saturated heterocycles. The zero-order valence-electron chi connectivity index (χ0n) is 15.8. The lowest BCUT2D eigenvalue weighted by molar-refractivity contribution is 0.528. The Hall–Kier alpha value is -1.83. The Morgan fingerprint density at radius 3 is 1.79 bits per heavy atom. The van der Waals surface area contributed by atoms with E-state index in [2.05, 4.69) is 17.1 Å². The highest BCUT2D eigenvalue weighted by atomic mass is 14.7. The highest BCUT2D eigenvalue weighted by Gasteiger charge is 2.30. The Kier molecular flexibility index (Phi) is 4.30. The van der Waals surface area contributed by atoms with Crippen LogP contribution < -0.4 is 27.3 Å². The fraction of sp³-hybridized carbons (Fsp3) is 0.318. The Morgan fingerprint density at radius 1 is 0.643 bits per heavy atom. The Labute approximate surface area is 173 Å². The smallest absolute Gasteiger partial charge is 0.113 e. The van der Waals surface area contributed by atoms with Crippen molar-refractivity contribution in [3.8, 4) is 11.3 Å². The number of fused-ring (bicyclic) bond motifs is 4. The van der Waals surface area contributed by atoms with E-state index in [0.29, 0.717) is 34.0 Å². The highest BCUT2D eigenvalue weighted by Crippen LogP contribution is 2.48. The molecule has 1 fully saturated rings. The van der Waals surface area contributed by atoms with Gasteiger partial charge >= 0.3 is 0 Å². The fourth-order valence-electron chi connectivity index (χ4n) is 5.12. The number of benzene rings is 2. The van der Waals surface area contributed by atoms with Crippen LogP contribution in [0.4, 0.5) is 0 Å². The maximum atomic E-state index is 6.23. The maximum Gasteiger partial charge on any atom is 0.113 e. The maximum absolute atomic E-state index is 6.23. The number of hydrogen-bond acceptors (Lipinski definition) is 1. The summed E-state index contributed by atoms with van der Waals surface area (Å²) in [5.74, 6) is 1.37. The molecule has 0 amide bonds. The first-order valence-electron chi connectivity index (χ1n) is 9.91. The molecule has 10 radical (unpaired) electrons. The molecule has 2 unspecified atom stereocenters. The summed E-state index contributed by atoms with van der Waals surface area (Å²) in [6, 6.07) is 6.71. The molecule has 0 N–H and O–H groups in total. The first-order chi connectivity index (χ1) is 13.5. The Morgan fingerprint density at radius 2 is 1.18 bits per heavy atom. The standard InChI is InChI=1S/C22H16B5N/c23-18-17(19(24)21(26)22(27)20(18)25)16-8-12-6-14-10-2-1-3-11(5-4-10)15(14)7-13(12)9-28-16/h6-11H,1-5H2. The quantitative estimate of drug-likeness (QED) is 0.565. The van der Waals surface area contributed by atoms with Gasteiger partial charge in [-0.2, -0.15) is 0 Å². The lowest BCUT2D eigenvalue weighted by Crippen LogP contribution is -2.55. The summed E-state index contributed by atoms with van der Waals surface area (Å²) >= 11 is 0. The van der Waals surface area contributed by atoms with E-state index < -0.39 is 0 Å². The fourth-order valence-corrected chi connectivity index (χ4v) is 5.12. The number of hydrogen-bond donors (Lipinski definition) is 0. The summed E-state index contributed by atoms with van der Waals surface area (Å²) in [4.78, 5) is 4.63. The summed E-state index contributed by atoms with van der Waals surface area (Å²) in [5.41, 5.74) is 5.63. The van der Waals surface area contributed by atoms with Crippen LogP contribution in [-0.2, 0) is 0 Å². The van der Waals surface area contributed by atoms with E-state index in [1.807, 2.05) is 12.3 Å². The van der Waals surface area contributed by atoms with E-state index in [-0.39, 0.29) is 16.4 Å². The minimum Gasteiger partial charge on any atom is -0.256 e. The van der Waals surface area contributed by atoms with Crippen LogP contribution >= 0.6 is 0 Å². The molecule has 2 aromatic carbocycles. The molecule has 0 spiro atoms. The van der Waals surface area contributed by atoms with Gasteiger partial charge in [-0.25, -0.2) is 0 Å². The second kappa shape index (κ2) is 6.61. The van der Waals surface area contributed by atoms with Crippen molar-refractivity contribution >= 4 is 77.3 Å². The van der Waals surface area contributed by atoms with E-state index in [1.54, 1.807) is 0 Å². The second-order valence-electron chi connectivity index (χ2n) is 8.24. The van der Waals surface area contributed by atoms with Gasteiger partial charge in [0, 0.05) is 11.6 Å². The molecule has 124 valence electrons. The number of nitrogens with zero attached hydrogens (tertiary/aromatic N) is 1. The van der Waals surface area contributed by atoms with Gasteiger partial charge in [0.2, 0.25) is 0 Å². The van der Waals surface area contributed by atoms with Crippen LogP contribution in [0, 0.1) is 0 Å². The first kappa shape index (κ1) is 18.2. The van der Waals surface area contributed by atoms with E-state index in [9.17, 15) is 0 Å². The number of rotatable bonds is 1. The van der Waals surface area contributed by atoms with Crippen molar-refractivity contribution in [2.75, 3.05) is 0 Å². The molecule has 3 aliphatic rings. The van der Waals surface area contributed by atoms with E-state index in [0.717, 1.165) is 10.8 Å². The third-order valence-electron chi connectivity index (χ3n) is 6.73. The van der Waals surface area contributed by atoms with Gasteiger partial charge in [-0.3, -0.25) is 4.98 Å². The summed E-state index contributed by atoms with van der Waals surface area (Å²) in [7, 11) is 30.5. The molecule has 1 saturated carbocycles. The summed E-state index contributed by atoms with van der Waals surface area (Å²) in [6.45, 7) is 0. The van der Waals surface area contributed by atoms with Gasteiger partial charge in [0.05, 0.1) is 5.69 Å². The molecular formula is C22H16B5N. The molecule has 28 heavy (non-hydrogen) atoms. The van der Waals surface area contributed by atoms with Gasteiger partial charge in [0.15, 0.2) is 0 Å². The minimum atomic E-state index is 0.223. The van der Waals surface area contributed by atoms with Gasteiger partial charge in [-0.15, -0.1) is 16.4 Å². The number of pyridine rings is 1. The molecule has 6 rings (SSSR count). The highest BCUT2D eigenvalue weighted by molar-refractivity contribution is 6.68. The van der Waals surface area contributed by atoms with Crippen molar-refractivity contribution in [3.63, 3.8) is 0 Å². The average Bonchev–Trinajstić information content (AvgIpc) is 3.04. The molecule has 2 bridgehead atoms. The van der Waals surface area contributed by atoms with Gasteiger partial charge < -0.3 is 0 Å². The van der Waals surface area contributed by atoms with Crippen molar-refractivity contribution in [2.24, 2.45) is 0 Å². The Bertz CT molecular complexity index is 1090. The predicted octanol–water partition coefficient (Wildman–Crippen LogP) is 0.0157. The molecule has 0 aliphatic heterocycles. The molecule has 1 aromatic heterocycles. The normalized spacial score (nSPS) is 20.9. The van der Waals surface area contributed by atoms with Gasteiger partial charge in [-0.05, 0) is 71.7 Å². The lowest BCUT2D eigenvalue weighted by Gasteiger charge is -2.28. The van der Waals surface area contributed by atoms with Crippen LogP contribution in [0.1, 0.15) is 55.1 Å². The van der Waals surface area contributed by atoms with Crippen LogP contribution in [0.2, 0.25) is 0 Å². The van der Waals surface area contributed by atoms with Gasteiger partial charge in [-0.1, -0.05) is 23.4 Å². The zero-order chi connectivity index (χ0) is 19.6. The molecular weight excluding hydrogens is 332 g/mol. The summed E-state index contributed by atoms with van der Waals surface area (Å²) < 4.78 is 0. The largest absolute Gasteiger partial charge is 0.256 e. The summed E-state index contributed by atoms with van der Waals surface area (Å²) in [5, 5.41) is 2.28. The van der Waals surface area contributed by atoms with E-state index in [1.165, 1.54) is 43.2 Å². The zero-order valence-corrected chi connectivity index (χ0v) is 15.8. The van der Waals surface area contributed by atoms with Crippen LogP contribution in [0.15, 0.2) is 24.4 Å². The van der Waals surface area contributed by atoms with Crippen molar-refractivity contribution in [1.82, 2.24) is 4.98 Å². The van der Waals surface area contributed by atoms with Crippen LogP contribution in [0.5, 0.6) is 0 Å². The molecule has 1 nitrogen and oxygen atoms in total. The van der Waals surface area contributed by atoms with Gasteiger partial charge in [0.1, 0.15) is 39.2 Å². The van der Waals surface area contributed by atoms with Crippen molar-refractivity contribution in [1.29, 1.82) is 0 Å². The molecule has 1 heterocycles. The predicted molar refractivity (Wildman–Crippen MR) is 123 cm³/mol. The van der Waals surface area contributed by atoms with Crippen LogP contribution in [-0.4, -0.2) is 44.2 Å². The molecule has 2 atom stereocenters. The molecule has 3 aromatic rings. The van der Waals surface area contributed by atoms with Crippen molar-refractivity contribution < 1.29 is 0 Å². The molecule has 6 heteroatoms. The average molecular weight is 348 g/mol. The van der Waals surface area contributed by atoms with Gasteiger partial charge in [0.25, 0.3) is 0 Å². The van der Waals surface area contributed by atoms with E-state index in [4.69, 9.17) is 39.2 Å². The SMILES string of the molecule is [B]c1c([B])c([B])c(-c2cc3cc4c(cc3cn2)C2CCCC4CC2)c([B])c1[B]. The first-order valence-corrected chi connectivity index (χ1v) is 9.91. The minimum absolute atomic E-state index is 0.223.